The van der Waals surface area contributed by atoms with E-state index in [-0.39, 0.29) is 0 Å². The number of rotatable bonds is 8. The molecule has 21 heavy (non-hydrogen) atoms. The summed E-state index contributed by atoms with van der Waals surface area (Å²) in [6, 6.07) is 7.26. The normalized spacial score (nSPS) is 16.6. The zero-order valence-corrected chi connectivity index (χ0v) is 15.2. The molecular formula is C18H29BrN2. The minimum Gasteiger partial charge on any atom is -0.371 e. The summed E-state index contributed by atoms with van der Waals surface area (Å²) in [6.45, 7) is 10.1. The molecule has 1 fully saturated rings. The maximum absolute atomic E-state index is 3.79. The van der Waals surface area contributed by atoms with E-state index >= 15 is 0 Å². The van der Waals surface area contributed by atoms with Gasteiger partial charge in [0.25, 0.3) is 0 Å². The zero-order chi connectivity index (χ0) is 15.2. The Morgan fingerprint density at radius 1 is 1.33 bits per heavy atom. The second kappa shape index (κ2) is 8.19. The van der Waals surface area contributed by atoms with Crippen LogP contribution in [0.15, 0.2) is 22.7 Å². The molecule has 3 heteroatoms. The van der Waals surface area contributed by atoms with Gasteiger partial charge in [-0.3, -0.25) is 0 Å². The SMILES string of the molecule is CCCNC(C)c1ccc(N(CC)CC2CCC2)c(Br)c1. The minimum atomic E-state index is 0.414. The van der Waals surface area contributed by atoms with Gasteiger partial charge in [-0.1, -0.05) is 19.4 Å². The van der Waals surface area contributed by atoms with Crippen LogP contribution in [0.4, 0.5) is 5.69 Å². The molecule has 1 atom stereocenters. The van der Waals surface area contributed by atoms with E-state index in [2.05, 4.69) is 65.1 Å². The van der Waals surface area contributed by atoms with Gasteiger partial charge in [0.2, 0.25) is 0 Å². The molecule has 1 aliphatic carbocycles. The lowest BCUT2D eigenvalue weighted by molar-refractivity contribution is 0.318. The molecule has 0 spiro atoms. The number of hydrogen-bond donors (Lipinski definition) is 1. The van der Waals surface area contributed by atoms with Crippen LogP contribution in [0, 0.1) is 5.92 Å². The summed E-state index contributed by atoms with van der Waals surface area (Å²) in [4.78, 5) is 2.52. The van der Waals surface area contributed by atoms with Gasteiger partial charge in [0.1, 0.15) is 0 Å². The van der Waals surface area contributed by atoms with Crippen LogP contribution >= 0.6 is 15.9 Å². The third-order valence-electron chi connectivity index (χ3n) is 4.60. The topological polar surface area (TPSA) is 15.3 Å². The van der Waals surface area contributed by atoms with E-state index in [9.17, 15) is 0 Å². The summed E-state index contributed by atoms with van der Waals surface area (Å²) in [5.41, 5.74) is 2.70. The van der Waals surface area contributed by atoms with Crippen LogP contribution in [0.5, 0.6) is 0 Å². The van der Waals surface area contributed by atoms with Gasteiger partial charge in [-0.25, -0.2) is 0 Å². The first-order valence-electron chi connectivity index (χ1n) is 8.43. The molecule has 0 heterocycles. The largest absolute Gasteiger partial charge is 0.371 e. The lowest BCUT2D eigenvalue weighted by Gasteiger charge is -2.34. The third kappa shape index (κ3) is 4.46. The van der Waals surface area contributed by atoms with Crippen LogP contribution in [0.2, 0.25) is 0 Å². The van der Waals surface area contributed by atoms with Crippen molar-refractivity contribution in [3.8, 4) is 0 Å². The van der Waals surface area contributed by atoms with Crippen molar-refractivity contribution in [2.75, 3.05) is 24.5 Å². The Bertz CT molecular complexity index is 443. The number of nitrogens with zero attached hydrogens (tertiary/aromatic N) is 1. The van der Waals surface area contributed by atoms with E-state index in [1.54, 1.807) is 0 Å². The Hall–Kier alpha value is -0.540. The zero-order valence-electron chi connectivity index (χ0n) is 13.7. The van der Waals surface area contributed by atoms with Crippen LogP contribution < -0.4 is 10.2 Å². The summed E-state index contributed by atoms with van der Waals surface area (Å²) >= 11 is 3.79. The molecule has 1 N–H and O–H groups in total. The van der Waals surface area contributed by atoms with Gasteiger partial charge in [-0.15, -0.1) is 0 Å². The van der Waals surface area contributed by atoms with Gasteiger partial charge >= 0.3 is 0 Å². The average molecular weight is 353 g/mol. The second-order valence-electron chi connectivity index (χ2n) is 6.22. The molecule has 1 aromatic carbocycles. The Labute approximate surface area is 138 Å². The molecule has 1 saturated carbocycles. The van der Waals surface area contributed by atoms with Crippen LogP contribution in [0.3, 0.4) is 0 Å². The van der Waals surface area contributed by atoms with E-state index < -0.39 is 0 Å². The highest BCUT2D eigenvalue weighted by molar-refractivity contribution is 9.10. The van der Waals surface area contributed by atoms with Gasteiger partial charge in [-0.05, 0) is 79.2 Å². The Kier molecular flexibility index (Phi) is 6.56. The number of anilines is 1. The Morgan fingerprint density at radius 2 is 2.10 bits per heavy atom. The smallest absolute Gasteiger partial charge is 0.0510 e. The third-order valence-corrected chi connectivity index (χ3v) is 5.23. The summed E-state index contributed by atoms with van der Waals surface area (Å²) < 4.78 is 1.23. The van der Waals surface area contributed by atoms with Crippen LogP contribution in [0.25, 0.3) is 0 Å². The average Bonchev–Trinajstić information content (AvgIpc) is 2.44. The molecular weight excluding hydrogens is 324 g/mol. The first kappa shape index (κ1) is 16.8. The Balaban J connectivity index is 2.05. The van der Waals surface area contributed by atoms with Gasteiger partial charge in [0.05, 0.1) is 5.69 Å². The highest BCUT2D eigenvalue weighted by Gasteiger charge is 2.21. The molecule has 1 aromatic rings. The molecule has 0 aliphatic heterocycles. The molecule has 0 aromatic heterocycles. The van der Waals surface area contributed by atoms with Gasteiger partial charge in [-0.2, -0.15) is 0 Å². The first-order valence-corrected chi connectivity index (χ1v) is 9.22. The van der Waals surface area contributed by atoms with E-state index in [4.69, 9.17) is 0 Å². The highest BCUT2D eigenvalue weighted by atomic mass is 79.9. The second-order valence-corrected chi connectivity index (χ2v) is 7.08. The van der Waals surface area contributed by atoms with Crippen molar-refractivity contribution in [3.05, 3.63) is 28.2 Å². The van der Waals surface area contributed by atoms with E-state index in [1.807, 2.05) is 0 Å². The molecule has 0 amide bonds. The first-order chi connectivity index (χ1) is 10.2. The molecule has 0 radical (unpaired) electrons. The van der Waals surface area contributed by atoms with Crippen molar-refractivity contribution < 1.29 is 0 Å². The van der Waals surface area contributed by atoms with Gasteiger partial charge in [0, 0.05) is 23.6 Å². The fraction of sp³-hybridized carbons (Fsp3) is 0.667. The highest BCUT2D eigenvalue weighted by Crippen LogP contribution is 2.33. The summed E-state index contributed by atoms with van der Waals surface area (Å²) in [6.07, 6.45) is 5.41. The predicted molar refractivity (Wildman–Crippen MR) is 96.1 cm³/mol. The van der Waals surface area contributed by atoms with Gasteiger partial charge in [0.15, 0.2) is 0 Å². The molecule has 0 bridgehead atoms. The molecule has 0 saturated heterocycles. The number of nitrogens with one attached hydrogen (secondary N) is 1. The van der Waals surface area contributed by atoms with Crippen LogP contribution in [-0.2, 0) is 0 Å². The summed E-state index contributed by atoms with van der Waals surface area (Å²) in [7, 11) is 0. The molecule has 1 unspecified atom stereocenters. The van der Waals surface area contributed by atoms with Crippen LogP contribution in [0.1, 0.15) is 58.1 Å². The van der Waals surface area contributed by atoms with Crippen molar-refractivity contribution in [2.45, 2.75) is 52.5 Å². The standard InChI is InChI=1S/C18H29BrN2/c1-4-11-20-14(3)16-9-10-18(17(19)12-16)21(5-2)13-15-7-6-8-15/h9-10,12,14-15,20H,4-8,11,13H2,1-3H3. The fourth-order valence-electron chi connectivity index (χ4n) is 2.91. The monoisotopic (exact) mass is 352 g/mol. The lowest BCUT2D eigenvalue weighted by atomic mass is 9.85. The van der Waals surface area contributed by atoms with Crippen molar-refractivity contribution in [1.29, 1.82) is 0 Å². The maximum atomic E-state index is 3.79. The van der Waals surface area contributed by atoms with E-state index in [1.165, 1.54) is 48.0 Å². The summed E-state index contributed by atoms with van der Waals surface area (Å²) in [5, 5.41) is 3.55. The molecule has 2 nitrogen and oxygen atoms in total. The summed E-state index contributed by atoms with van der Waals surface area (Å²) in [5.74, 6) is 0.904. The van der Waals surface area contributed by atoms with Crippen molar-refractivity contribution >= 4 is 21.6 Å². The predicted octanol–water partition coefficient (Wildman–Crippen LogP) is 5.14. The maximum Gasteiger partial charge on any atom is 0.0510 e. The van der Waals surface area contributed by atoms with Gasteiger partial charge < -0.3 is 10.2 Å². The molecule has 1 aliphatic rings. The number of halogens is 1. The number of benzene rings is 1. The quantitative estimate of drug-likeness (QED) is 0.696. The lowest BCUT2D eigenvalue weighted by Crippen LogP contribution is -2.32. The van der Waals surface area contributed by atoms with E-state index in [0.717, 1.165) is 19.0 Å². The van der Waals surface area contributed by atoms with Crippen molar-refractivity contribution in [2.24, 2.45) is 5.92 Å². The minimum absolute atomic E-state index is 0.414. The fourth-order valence-corrected chi connectivity index (χ4v) is 3.56. The van der Waals surface area contributed by atoms with E-state index in [0.29, 0.717) is 6.04 Å². The molecule has 2 rings (SSSR count). The molecule has 118 valence electrons. The van der Waals surface area contributed by atoms with Crippen LogP contribution in [-0.4, -0.2) is 19.6 Å². The Morgan fingerprint density at radius 3 is 2.62 bits per heavy atom. The van der Waals surface area contributed by atoms with Crippen molar-refractivity contribution in [1.82, 2.24) is 5.32 Å². The van der Waals surface area contributed by atoms with Crippen molar-refractivity contribution in [3.63, 3.8) is 0 Å². The number of hydrogen-bond acceptors (Lipinski definition) is 2.